The summed E-state index contributed by atoms with van der Waals surface area (Å²) in [5, 5.41) is 0.805. The second-order valence-corrected chi connectivity index (χ2v) is 10.2. The van der Waals surface area contributed by atoms with Crippen molar-refractivity contribution >= 4 is 27.5 Å². The number of hydrogen-bond acceptors (Lipinski definition) is 5. The highest BCUT2D eigenvalue weighted by atomic mass is 32.1. The van der Waals surface area contributed by atoms with Crippen molar-refractivity contribution in [2.24, 2.45) is 0 Å². The summed E-state index contributed by atoms with van der Waals surface area (Å²) in [6.07, 6.45) is 3.21. The highest BCUT2D eigenvalue weighted by Gasteiger charge is 2.35. The second kappa shape index (κ2) is 7.88. The summed E-state index contributed by atoms with van der Waals surface area (Å²) in [5.41, 5.74) is 1.72. The largest absolute Gasteiger partial charge is 0.339 e. The number of fused-ring (bicyclic) bond motifs is 3. The Bertz CT molecular complexity index is 1170. The van der Waals surface area contributed by atoms with Gasteiger partial charge in [0.2, 0.25) is 5.91 Å². The summed E-state index contributed by atoms with van der Waals surface area (Å²) < 4.78 is 0. The van der Waals surface area contributed by atoms with Crippen LogP contribution < -0.4 is 5.56 Å². The van der Waals surface area contributed by atoms with E-state index in [1.54, 1.807) is 11.3 Å². The summed E-state index contributed by atoms with van der Waals surface area (Å²) >= 11 is 1.68. The van der Waals surface area contributed by atoms with Gasteiger partial charge in [-0.2, -0.15) is 0 Å². The molecule has 2 aliphatic rings. The Hall–Kier alpha value is -2.51. The van der Waals surface area contributed by atoms with E-state index in [1.165, 1.54) is 10.4 Å². The van der Waals surface area contributed by atoms with Crippen LogP contribution in [0.4, 0.5) is 0 Å². The molecule has 5 rings (SSSR count). The number of rotatable bonds is 4. The molecule has 1 aromatic carbocycles. The zero-order valence-corrected chi connectivity index (χ0v) is 18.9. The van der Waals surface area contributed by atoms with Gasteiger partial charge in [0.15, 0.2) is 0 Å². The van der Waals surface area contributed by atoms with Crippen molar-refractivity contribution in [2.75, 3.05) is 26.2 Å². The van der Waals surface area contributed by atoms with Crippen LogP contribution in [0, 0.1) is 0 Å². The van der Waals surface area contributed by atoms with Crippen molar-refractivity contribution in [3.05, 3.63) is 62.5 Å². The van der Waals surface area contributed by atoms with Crippen LogP contribution in [-0.2, 0) is 29.6 Å². The number of aromatic amines is 1. The minimum Gasteiger partial charge on any atom is -0.339 e. The minimum absolute atomic E-state index is 0.00201. The van der Waals surface area contributed by atoms with Crippen LogP contribution in [0.1, 0.15) is 42.1 Å². The van der Waals surface area contributed by atoms with Crippen molar-refractivity contribution in [1.82, 2.24) is 19.8 Å². The van der Waals surface area contributed by atoms with E-state index in [2.05, 4.69) is 9.88 Å². The number of H-pyrrole nitrogens is 1. The van der Waals surface area contributed by atoms with E-state index < -0.39 is 5.41 Å². The molecule has 0 bridgehead atoms. The second-order valence-electron chi connectivity index (χ2n) is 9.11. The van der Waals surface area contributed by atoms with Gasteiger partial charge in [0.05, 0.1) is 17.3 Å². The number of amides is 1. The molecule has 1 fully saturated rings. The lowest BCUT2D eigenvalue weighted by Crippen LogP contribution is -2.53. The van der Waals surface area contributed by atoms with Gasteiger partial charge in [0.1, 0.15) is 10.7 Å². The van der Waals surface area contributed by atoms with Gasteiger partial charge in [-0.3, -0.25) is 14.5 Å². The molecule has 6 nitrogen and oxygen atoms in total. The highest BCUT2D eigenvalue weighted by molar-refractivity contribution is 7.18. The summed E-state index contributed by atoms with van der Waals surface area (Å²) in [4.78, 5) is 40.1. The summed E-state index contributed by atoms with van der Waals surface area (Å²) in [5.74, 6) is 0.890. The maximum absolute atomic E-state index is 13.2. The third-order valence-corrected chi connectivity index (χ3v) is 7.87. The minimum atomic E-state index is -0.541. The molecule has 3 heterocycles. The predicted octanol–water partition coefficient (Wildman–Crippen LogP) is 3.10. The Morgan fingerprint density at radius 3 is 2.61 bits per heavy atom. The summed E-state index contributed by atoms with van der Waals surface area (Å²) in [7, 11) is 0. The molecule has 7 heteroatoms. The number of aryl methyl sites for hydroxylation is 2. The zero-order chi connectivity index (χ0) is 21.6. The Balaban J connectivity index is 1.25. The number of hydrogen-bond donors (Lipinski definition) is 1. The molecule has 3 aromatic rings. The van der Waals surface area contributed by atoms with Gasteiger partial charge in [0, 0.05) is 31.1 Å². The van der Waals surface area contributed by atoms with Gasteiger partial charge in [-0.1, -0.05) is 30.3 Å². The van der Waals surface area contributed by atoms with E-state index in [0.717, 1.165) is 54.0 Å². The maximum atomic E-state index is 13.2. The molecule has 1 aliphatic carbocycles. The van der Waals surface area contributed by atoms with Gasteiger partial charge in [-0.25, -0.2) is 4.98 Å². The van der Waals surface area contributed by atoms with Crippen molar-refractivity contribution in [1.29, 1.82) is 0 Å². The first-order chi connectivity index (χ1) is 14.9. The quantitative estimate of drug-likeness (QED) is 0.682. The van der Waals surface area contributed by atoms with Gasteiger partial charge in [0.25, 0.3) is 5.56 Å². The van der Waals surface area contributed by atoms with Gasteiger partial charge in [-0.05, 0) is 44.2 Å². The molecule has 31 heavy (non-hydrogen) atoms. The zero-order valence-electron chi connectivity index (χ0n) is 18.1. The molecule has 1 aliphatic heterocycles. The van der Waals surface area contributed by atoms with Gasteiger partial charge in [-0.15, -0.1) is 11.3 Å². The van der Waals surface area contributed by atoms with Crippen LogP contribution in [0.15, 0.2) is 35.1 Å². The molecule has 0 spiro atoms. The molecule has 1 saturated heterocycles. The van der Waals surface area contributed by atoms with E-state index in [-0.39, 0.29) is 11.5 Å². The maximum Gasteiger partial charge on any atom is 0.259 e. The van der Waals surface area contributed by atoms with Crippen molar-refractivity contribution in [3.63, 3.8) is 0 Å². The summed E-state index contributed by atoms with van der Waals surface area (Å²) in [6, 6.07) is 9.98. The Morgan fingerprint density at radius 2 is 1.87 bits per heavy atom. The molecule has 0 radical (unpaired) electrons. The molecule has 0 atom stereocenters. The molecule has 1 amide bonds. The van der Waals surface area contributed by atoms with Crippen LogP contribution in [0.25, 0.3) is 10.2 Å². The van der Waals surface area contributed by atoms with Crippen molar-refractivity contribution in [3.8, 4) is 0 Å². The fourth-order valence-corrected chi connectivity index (χ4v) is 6.10. The van der Waals surface area contributed by atoms with Crippen molar-refractivity contribution in [2.45, 2.75) is 45.1 Å². The standard InChI is InChI=1S/C24H28N4O2S/c1-24(2,16-7-4-3-5-8-16)23(30)28-13-11-27(12-14-28)15-19-25-21(29)20-17-9-6-10-18(17)31-22(20)26-19/h3-5,7-8H,6,9-15H2,1-2H3,(H,25,26,29). The lowest BCUT2D eigenvalue weighted by Gasteiger charge is -2.38. The fraction of sp³-hybridized carbons (Fsp3) is 0.458. The number of benzene rings is 1. The molecule has 0 saturated carbocycles. The predicted molar refractivity (Wildman–Crippen MR) is 124 cm³/mol. The van der Waals surface area contributed by atoms with E-state index in [9.17, 15) is 9.59 Å². The van der Waals surface area contributed by atoms with E-state index in [4.69, 9.17) is 4.98 Å². The normalized spacial score (nSPS) is 17.3. The molecular weight excluding hydrogens is 408 g/mol. The number of nitrogens with one attached hydrogen (secondary N) is 1. The number of thiophene rings is 1. The fourth-order valence-electron chi connectivity index (χ4n) is 4.82. The van der Waals surface area contributed by atoms with Crippen LogP contribution in [0.2, 0.25) is 0 Å². The van der Waals surface area contributed by atoms with E-state index in [0.29, 0.717) is 19.6 Å². The van der Waals surface area contributed by atoms with Gasteiger partial charge >= 0.3 is 0 Å². The lowest BCUT2D eigenvalue weighted by atomic mass is 9.83. The van der Waals surface area contributed by atoms with Crippen LogP contribution in [0.3, 0.4) is 0 Å². The first-order valence-electron chi connectivity index (χ1n) is 11.0. The average Bonchev–Trinajstić information content (AvgIpc) is 3.35. The van der Waals surface area contributed by atoms with E-state index in [1.807, 2.05) is 49.1 Å². The van der Waals surface area contributed by atoms with Crippen molar-refractivity contribution < 1.29 is 4.79 Å². The first kappa shape index (κ1) is 20.4. The lowest BCUT2D eigenvalue weighted by molar-refractivity contribution is -0.138. The number of nitrogens with zero attached hydrogens (tertiary/aromatic N) is 3. The van der Waals surface area contributed by atoms with Crippen LogP contribution >= 0.6 is 11.3 Å². The first-order valence-corrected chi connectivity index (χ1v) is 11.9. The molecular formula is C24H28N4O2S. The average molecular weight is 437 g/mol. The molecule has 162 valence electrons. The number of piperazine rings is 1. The SMILES string of the molecule is CC(C)(C(=O)N1CCN(Cc2nc3sc4c(c3c(=O)[nH]2)CCC4)CC1)c1ccccc1. The Morgan fingerprint density at radius 1 is 1.13 bits per heavy atom. The number of aromatic nitrogens is 2. The van der Waals surface area contributed by atoms with Crippen LogP contribution in [0.5, 0.6) is 0 Å². The Kier molecular flexibility index (Phi) is 5.18. The molecule has 2 aromatic heterocycles. The molecule has 0 unspecified atom stereocenters. The number of carbonyl (C=O) groups excluding carboxylic acids is 1. The molecule has 1 N–H and O–H groups in total. The number of carbonyl (C=O) groups is 1. The smallest absolute Gasteiger partial charge is 0.259 e. The topological polar surface area (TPSA) is 69.3 Å². The monoisotopic (exact) mass is 436 g/mol. The Labute approximate surface area is 185 Å². The third-order valence-electron chi connectivity index (χ3n) is 6.69. The third kappa shape index (κ3) is 3.70. The van der Waals surface area contributed by atoms with Crippen LogP contribution in [-0.4, -0.2) is 51.9 Å². The summed E-state index contributed by atoms with van der Waals surface area (Å²) in [6.45, 7) is 7.54. The highest BCUT2D eigenvalue weighted by Crippen LogP contribution is 2.34. The van der Waals surface area contributed by atoms with Gasteiger partial charge < -0.3 is 9.88 Å². The van der Waals surface area contributed by atoms with E-state index >= 15 is 0 Å².